The third kappa shape index (κ3) is 5.24. The van der Waals surface area contributed by atoms with Crippen molar-refractivity contribution in [1.29, 1.82) is 0 Å². The largest absolute Gasteiger partial charge is 0.435 e. The Morgan fingerprint density at radius 3 is 2.77 bits per heavy atom. The van der Waals surface area contributed by atoms with Gasteiger partial charge in [-0.3, -0.25) is 9.59 Å². The highest BCUT2D eigenvalue weighted by Gasteiger charge is 2.36. The lowest BCUT2D eigenvalue weighted by atomic mass is 10.1. The van der Waals surface area contributed by atoms with Gasteiger partial charge < -0.3 is 20.3 Å². The lowest BCUT2D eigenvalue weighted by molar-refractivity contribution is -0.123. The van der Waals surface area contributed by atoms with Crippen molar-refractivity contribution in [2.45, 2.75) is 39.1 Å². The first kappa shape index (κ1) is 21.9. The van der Waals surface area contributed by atoms with E-state index in [2.05, 4.69) is 36.3 Å². The maximum absolute atomic E-state index is 13.2. The van der Waals surface area contributed by atoms with Crippen LogP contribution >= 0.6 is 15.9 Å². The Morgan fingerprint density at radius 2 is 2.10 bits per heavy atom. The van der Waals surface area contributed by atoms with Gasteiger partial charge in [-0.25, -0.2) is 4.98 Å². The van der Waals surface area contributed by atoms with Crippen LogP contribution < -0.4 is 15.4 Å². The molecule has 3 rings (SSSR count). The normalized spacial score (nSPS) is 16.2. The highest BCUT2D eigenvalue weighted by Crippen LogP contribution is 2.34. The van der Waals surface area contributed by atoms with Gasteiger partial charge in [-0.05, 0) is 60.5 Å². The van der Waals surface area contributed by atoms with Gasteiger partial charge in [-0.2, -0.15) is 8.78 Å². The summed E-state index contributed by atoms with van der Waals surface area (Å²) in [6.07, 6.45) is 0.736. The molecule has 2 amide bonds. The molecule has 0 fully saturated rings. The molecule has 1 aromatic heterocycles. The predicted molar refractivity (Wildman–Crippen MR) is 110 cm³/mol. The number of ether oxygens (including phenoxy) is 1. The van der Waals surface area contributed by atoms with Crippen molar-refractivity contribution in [3.05, 3.63) is 52.1 Å². The van der Waals surface area contributed by atoms with Crippen LogP contribution in [0, 0.1) is 0 Å². The van der Waals surface area contributed by atoms with Crippen LogP contribution in [-0.2, 0) is 4.79 Å². The molecule has 0 radical (unpaired) electrons. The average molecular weight is 483 g/mol. The van der Waals surface area contributed by atoms with Gasteiger partial charge in [0.15, 0.2) is 0 Å². The topological polar surface area (TPSA) is 83.6 Å². The number of alkyl halides is 2. The van der Waals surface area contributed by atoms with Crippen LogP contribution in [0.5, 0.6) is 5.75 Å². The fourth-order valence-corrected chi connectivity index (χ4v) is 3.43. The van der Waals surface area contributed by atoms with Crippen molar-refractivity contribution in [2.24, 2.45) is 0 Å². The first-order valence-electron chi connectivity index (χ1n) is 9.12. The van der Waals surface area contributed by atoms with Crippen molar-refractivity contribution in [3.8, 4) is 5.75 Å². The molecule has 2 heterocycles. The smallest absolute Gasteiger partial charge is 0.387 e. The van der Waals surface area contributed by atoms with E-state index < -0.39 is 24.2 Å². The number of carbonyl (C=O) groups is 2. The van der Waals surface area contributed by atoms with E-state index in [4.69, 9.17) is 0 Å². The van der Waals surface area contributed by atoms with E-state index in [0.29, 0.717) is 21.4 Å². The summed E-state index contributed by atoms with van der Waals surface area (Å²) in [6.45, 7) is 2.29. The predicted octanol–water partition coefficient (Wildman–Crippen LogP) is 3.93. The maximum atomic E-state index is 13.2. The Balaban J connectivity index is 1.98. The summed E-state index contributed by atoms with van der Waals surface area (Å²) in [5.41, 5.74) is 0.288. The van der Waals surface area contributed by atoms with Crippen LogP contribution in [0.4, 0.5) is 14.6 Å². The van der Waals surface area contributed by atoms with Gasteiger partial charge in [0, 0.05) is 16.2 Å². The summed E-state index contributed by atoms with van der Waals surface area (Å²) < 4.78 is 30.3. The summed E-state index contributed by atoms with van der Waals surface area (Å²) in [6, 6.07) is 7.59. The Bertz CT molecular complexity index is 965. The number of rotatable bonds is 5. The number of carbonyl (C=O) groups excluding carboxylic acids is 2. The van der Waals surface area contributed by atoms with Crippen LogP contribution in [0.3, 0.4) is 0 Å². The van der Waals surface area contributed by atoms with Crippen LogP contribution in [-0.4, -0.2) is 40.4 Å². The van der Waals surface area contributed by atoms with Crippen molar-refractivity contribution >= 4 is 33.6 Å². The first-order chi connectivity index (χ1) is 14.0. The van der Waals surface area contributed by atoms with Crippen molar-refractivity contribution in [1.82, 2.24) is 15.2 Å². The number of benzene rings is 1. The minimum Gasteiger partial charge on any atom is -0.435 e. The number of fused-ring (bicyclic) bond motifs is 1. The summed E-state index contributed by atoms with van der Waals surface area (Å²) in [5, 5.41) is 5.94. The van der Waals surface area contributed by atoms with Gasteiger partial charge in [-0.1, -0.05) is 12.1 Å². The summed E-state index contributed by atoms with van der Waals surface area (Å²) in [7, 11) is 0. The van der Waals surface area contributed by atoms with E-state index in [-0.39, 0.29) is 18.2 Å². The summed E-state index contributed by atoms with van der Waals surface area (Å²) in [5.74, 6) is -0.480. The van der Waals surface area contributed by atoms with Crippen LogP contribution in [0.2, 0.25) is 0 Å². The average Bonchev–Trinajstić information content (AvgIpc) is 2.62. The molecule has 160 valence electrons. The highest BCUT2D eigenvalue weighted by atomic mass is 79.9. The Hall–Kier alpha value is -2.75. The van der Waals surface area contributed by atoms with Gasteiger partial charge >= 0.3 is 6.61 Å². The highest BCUT2D eigenvalue weighted by molar-refractivity contribution is 9.10. The molecule has 10 heteroatoms. The minimum atomic E-state index is -2.98. The SMILES string of the molecule is CC(C)(C)NC(=O)CN1C(=O)c2cc(Br)cnc2NC1c1cccc(OC(F)F)c1. The number of halogens is 3. The van der Waals surface area contributed by atoms with Crippen LogP contribution in [0.15, 0.2) is 41.0 Å². The molecular weight excluding hydrogens is 462 g/mol. The molecule has 1 aliphatic heterocycles. The van der Waals surface area contributed by atoms with E-state index in [1.54, 1.807) is 12.1 Å². The molecule has 1 atom stereocenters. The Kier molecular flexibility index (Phi) is 6.25. The van der Waals surface area contributed by atoms with Crippen molar-refractivity contribution < 1.29 is 23.1 Å². The zero-order valence-corrected chi connectivity index (χ0v) is 18.2. The number of amides is 2. The summed E-state index contributed by atoms with van der Waals surface area (Å²) >= 11 is 3.29. The lowest BCUT2D eigenvalue weighted by Gasteiger charge is -2.37. The third-order valence-electron chi connectivity index (χ3n) is 4.16. The van der Waals surface area contributed by atoms with E-state index in [0.717, 1.165) is 0 Å². The van der Waals surface area contributed by atoms with Crippen LogP contribution in [0.1, 0.15) is 42.9 Å². The molecule has 0 aliphatic carbocycles. The zero-order valence-electron chi connectivity index (χ0n) is 16.6. The molecule has 1 aliphatic rings. The number of aromatic nitrogens is 1. The second-order valence-corrected chi connectivity index (χ2v) is 8.69. The molecular formula is C20H21BrF2N4O3. The maximum Gasteiger partial charge on any atom is 0.387 e. The minimum absolute atomic E-state index is 0.0506. The van der Waals surface area contributed by atoms with Gasteiger partial charge in [0.25, 0.3) is 5.91 Å². The van der Waals surface area contributed by atoms with E-state index >= 15 is 0 Å². The monoisotopic (exact) mass is 482 g/mol. The number of hydrogen-bond acceptors (Lipinski definition) is 5. The number of pyridine rings is 1. The standard InChI is InChI=1S/C20H21BrF2N4O3/c1-20(2,3)26-15(28)10-27-17(11-5-4-6-13(7-11)30-19(22)23)25-16-14(18(27)29)8-12(21)9-24-16/h4-9,17,19H,10H2,1-3H3,(H,24,25)(H,26,28). The van der Waals surface area contributed by atoms with Crippen molar-refractivity contribution in [3.63, 3.8) is 0 Å². The Labute approximate surface area is 180 Å². The summed E-state index contributed by atoms with van der Waals surface area (Å²) in [4.78, 5) is 31.3. The zero-order chi connectivity index (χ0) is 22.1. The third-order valence-corrected chi connectivity index (χ3v) is 4.59. The fourth-order valence-electron chi connectivity index (χ4n) is 3.10. The van der Waals surface area contributed by atoms with Gasteiger partial charge in [0.2, 0.25) is 5.91 Å². The van der Waals surface area contributed by atoms with E-state index in [9.17, 15) is 18.4 Å². The molecule has 2 aromatic rings. The van der Waals surface area contributed by atoms with E-state index in [1.165, 1.54) is 29.3 Å². The number of hydrogen-bond donors (Lipinski definition) is 2. The Morgan fingerprint density at radius 1 is 1.37 bits per heavy atom. The number of anilines is 1. The van der Waals surface area contributed by atoms with Gasteiger partial charge in [0.05, 0.1) is 5.56 Å². The van der Waals surface area contributed by atoms with Gasteiger partial charge in [0.1, 0.15) is 24.3 Å². The lowest BCUT2D eigenvalue weighted by Crippen LogP contribution is -2.51. The van der Waals surface area contributed by atoms with E-state index in [1.807, 2.05) is 20.8 Å². The molecule has 1 unspecified atom stereocenters. The van der Waals surface area contributed by atoms with Crippen molar-refractivity contribution in [2.75, 3.05) is 11.9 Å². The number of nitrogens with zero attached hydrogens (tertiary/aromatic N) is 2. The second-order valence-electron chi connectivity index (χ2n) is 7.78. The second kappa shape index (κ2) is 8.55. The molecule has 2 N–H and O–H groups in total. The molecule has 0 saturated carbocycles. The molecule has 0 spiro atoms. The van der Waals surface area contributed by atoms with Crippen LogP contribution in [0.25, 0.3) is 0 Å². The fraction of sp³-hybridized carbons (Fsp3) is 0.350. The molecule has 0 bridgehead atoms. The molecule has 7 nitrogen and oxygen atoms in total. The quantitative estimate of drug-likeness (QED) is 0.674. The number of nitrogens with one attached hydrogen (secondary N) is 2. The molecule has 1 aromatic carbocycles. The molecule has 0 saturated heterocycles. The first-order valence-corrected chi connectivity index (χ1v) is 9.91. The van der Waals surface area contributed by atoms with Gasteiger partial charge in [-0.15, -0.1) is 0 Å². The molecule has 30 heavy (non-hydrogen) atoms.